The van der Waals surface area contributed by atoms with E-state index in [-0.39, 0.29) is 23.2 Å². The molecule has 2 rings (SSSR count). The lowest BCUT2D eigenvalue weighted by atomic mass is 10.0. The van der Waals surface area contributed by atoms with Gasteiger partial charge in [0.25, 0.3) is 0 Å². The van der Waals surface area contributed by atoms with E-state index in [0.717, 1.165) is 6.42 Å². The van der Waals surface area contributed by atoms with Crippen molar-refractivity contribution in [3.63, 3.8) is 0 Å². The van der Waals surface area contributed by atoms with Gasteiger partial charge in [-0.05, 0) is 32.6 Å². The number of nitrogens with one attached hydrogen (secondary N) is 1. The highest BCUT2D eigenvalue weighted by Crippen LogP contribution is 2.33. The maximum atomic E-state index is 12.1. The molecular formula is C12H23N3O3S. The van der Waals surface area contributed by atoms with Gasteiger partial charge in [-0.1, -0.05) is 0 Å². The van der Waals surface area contributed by atoms with Gasteiger partial charge in [-0.2, -0.15) is 0 Å². The molecule has 110 valence electrons. The van der Waals surface area contributed by atoms with Gasteiger partial charge in [-0.15, -0.1) is 0 Å². The fourth-order valence-electron chi connectivity index (χ4n) is 2.95. The minimum atomic E-state index is -3.15. The molecule has 0 aromatic heterocycles. The van der Waals surface area contributed by atoms with Gasteiger partial charge in [0.15, 0.2) is 0 Å². The number of hydrogen-bond donors (Lipinski definition) is 1. The number of urea groups is 1. The van der Waals surface area contributed by atoms with E-state index in [1.807, 2.05) is 13.8 Å². The van der Waals surface area contributed by atoms with E-state index >= 15 is 0 Å². The van der Waals surface area contributed by atoms with Crippen LogP contribution in [0.5, 0.6) is 0 Å². The summed E-state index contributed by atoms with van der Waals surface area (Å²) in [6.07, 6.45) is 1.31. The lowest BCUT2D eigenvalue weighted by Gasteiger charge is -2.23. The van der Waals surface area contributed by atoms with Crippen molar-refractivity contribution in [2.75, 3.05) is 26.7 Å². The van der Waals surface area contributed by atoms with Crippen LogP contribution in [0, 0.1) is 5.92 Å². The summed E-state index contributed by atoms with van der Waals surface area (Å²) in [4.78, 5) is 13.7. The predicted molar refractivity (Wildman–Crippen MR) is 73.3 cm³/mol. The summed E-state index contributed by atoms with van der Waals surface area (Å²) < 4.78 is 25.7. The molecule has 1 N–H and O–H groups in total. The zero-order valence-electron chi connectivity index (χ0n) is 11.8. The van der Waals surface area contributed by atoms with Crippen LogP contribution < -0.4 is 5.32 Å². The van der Waals surface area contributed by atoms with Gasteiger partial charge in [0.05, 0.1) is 5.25 Å². The van der Waals surface area contributed by atoms with Crippen LogP contribution in [-0.2, 0) is 10.0 Å². The van der Waals surface area contributed by atoms with Gasteiger partial charge in [0.1, 0.15) is 0 Å². The van der Waals surface area contributed by atoms with Crippen molar-refractivity contribution >= 4 is 16.1 Å². The first-order valence-electron chi connectivity index (χ1n) is 6.83. The standard InChI is InChI=1S/C12H23N3O3S/c1-9(2)13-12(16)15-6-4-10-8-14(3)19(17,18)11(10)5-7-15/h9-11H,4-8H2,1-3H3,(H,13,16)/t10-,11-/m1/s1. The van der Waals surface area contributed by atoms with E-state index in [0.29, 0.717) is 26.1 Å². The van der Waals surface area contributed by atoms with Crippen molar-refractivity contribution < 1.29 is 13.2 Å². The highest BCUT2D eigenvalue weighted by Gasteiger charge is 2.45. The number of carbonyl (C=O) groups excluding carboxylic acids is 1. The van der Waals surface area contributed by atoms with Crippen LogP contribution in [0.2, 0.25) is 0 Å². The molecule has 7 heteroatoms. The van der Waals surface area contributed by atoms with Crippen molar-refractivity contribution in [3.05, 3.63) is 0 Å². The van der Waals surface area contributed by atoms with Crippen LogP contribution in [-0.4, -0.2) is 61.6 Å². The van der Waals surface area contributed by atoms with Crippen LogP contribution in [0.3, 0.4) is 0 Å². The fraction of sp³-hybridized carbons (Fsp3) is 0.917. The molecule has 0 saturated carbocycles. The number of carbonyl (C=O) groups is 1. The van der Waals surface area contributed by atoms with E-state index in [2.05, 4.69) is 5.32 Å². The van der Waals surface area contributed by atoms with Crippen LogP contribution >= 0.6 is 0 Å². The zero-order chi connectivity index (χ0) is 14.2. The highest BCUT2D eigenvalue weighted by atomic mass is 32.2. The normalized spacial score (nSPS) is 31.1. The number of sulfonamides is 1. The summed E-state index contributed by atoms with van der Waals surface area (Å²) in [5.41, 5.74) is 0. The summed E-state index contributed by atoms with van der Waals surface area (Å²) in [6, 6.07) is 0.0193. The van der Waals surface area contributed by atoms with Crippen LogP contribution in [0.4, 0.5) is 4.79 Å². The largest absolute Gasteiger partial charge is 0.336 e. The average Bonchev–Trinajstić information content (AvgIpc) is 2.48. The summed E-state index contributed by atoms with van der Waals surface area (Å²) in [5, 5.41) is 2.55. The Morgan fingerprint density at radius 2 is 1.89 bits per heavy atom. The molecule has 6 nitrogen and oxygen atoms in total. The van der Waals surface area contributed by atoms with Crippen molar-refractivity contribution in [1.82, 2.24) is 14.5 Å². The summed E-state index contributed by atoms with van der Waals surface area (Å²) in [7, 11) is -1.50. The molecule has 0 bridgehead atoms. The van der Waals surface area contributed by atoms with Crippen LogP contribution in [0.1, 0.15) is 26.7 Å². The Kier molecular flexibility index (Phi) is 4.06. The second-order valence-corrected chi connectivity index (χ2v) is 8.05. The summed E-state index contributed by atoms with van der Waals surface area (Å²) in [5.74, 6) is 0.159. The lowest BCUT2D eigenvalue weighted by Crippen LogP contribution is -2.43. The van der Waals surface area contributed by atoms with Crippen LogP contribution in [0.15, 0.2) is 0 Å². The Bertz CT molecular complexity index is 449. The minimum absolute atomic E-state index is 0.0827. The first kappa shape index (κ1) is 14.6. The molecule has 2 fully saturated rings. The molecule has 0 aliphatic carbocycles. The number of fused-ring (bicyclic) bond motifs is 1. The molecule has 2 amide bonds. The lowest BCUT2D eigenvalue weighted by molar-refractivity contribution is 0.196. The zero-order valence-corrected chi connectivity index (χ0v) is 12.6. The maximum Gasteiger partial charge on any atom is 0.317 e. The second-order valence-electron chi connectivity index (χ2n) is 5.79. The van der Waals surface area contributed by atoms with Crippen molar-refractivity contribution in [2.24, 2.45) is 5.92 Å². The van der Waals surface area contributed by atoms with E-state index in [1.165, 1.54) is 4.31 Å². The Hall–Kier alpha value is -0.820. The quantitative estimate of drug-likeness (QED) is 0.762. The molecule has 19 heavy (non-hydrogen) atoms. The van der Waals surface area contributed by atoms with Gasteiger partial charge in [0.2, 0.25) is 10.0 Å². The first-order chi connectivity index (χ1) is 8.82. The Balaban J connectivity index is 2.03. The third-order valence-corrected chi connectivity index (χ3v) is 6.39. The molecule has 2 heterocycles. The molecule has 2 atom stereocenters. The second kappa shape index (κ2) is 5.28. The molecule has 0 aromatic rings. The number of amides is 2. The van der Waals surface area contributed by atoms with Crippen molar-refractivity contribution in [2.45, 2.75) is 38.0 Å². The SMILES string of the molecule is CC(C)NC(=O)N1CC[C@@H]2CN(C)S(=O)(=O)[C@@H]2CC1. The van der Waals surface area contributed by atoms with Gasteiger partial charge < -0.3 is 10.2 Å². The van der Waals surface area contributed by atoms with Gasteiger partial charge in [-0.25, -0.2) is 17.5 Å². The third kappa shape index (κ3) is 2.86. The minimum Gasteiger partial charge on any atom is -0.336 e. The maximum absolute atomic E-state index is 12.1. The predicted octanol–water partition coefficient (Wildman–Crippen LogP) is 0.460. The molecule has 2 saturated heterocycles. The third-order valence-electron chi connectivity index (χ3n) is 3.99. The Morgan fingerprint density at radius 3 is 2.53 bits per heavy atom. The number of likely N-dealkylation sites (tertiary alicyclic amines) is 1. The molecule has 2 aliphatic heterocycles. The van der Waals surface area contributed by atoms with Crippen molar-refractivity contribution in [1.29, 1.82) is 0 Å². The molecule has 0 aromatic carbocycles. The Morgan fingerprint density at radius 1 is 1.26 bits per heavy atom. The van der Waals surface area contributed by atoms with E-state index in [4.69, 9.17) is 0 Å². The highest BCUT2D eigenvalue weighted by molar-refractivity contribution is 7.90. The molecule has 0 unspecified atom stereocenters. The summed E-state index contributed by atoms with van der Waals surface area (Å²) >= 11 is 0. The first-order valence-corrected chi connectivity index (χ1v) is 8.33. The monoisotopic (exact) mass is 289 g/mol. The van der Waals surface area contributed by atoms with Gasteiger partial charge in [-0.3, -0.25) is 0 Å². The van der Waals surface area contributed by atoms with E-state index < -0.39 is 10.0 Å². The fourth-order valence-corrected chi connectivity index (χ4v) is 4.92. The molecule has 0 radical (unpaired) electrons. The average molecular weight is 289 g/mol. The number of hydrogen-bond acceptors (Lipinski definition) is 3. The Labute approximate surface area is 115 Å². The summed E-state index contributed by atoms with van der Waals surface area (Å²) in [6.45, 7) is 5.59. The van der Waals surface area contributed by atoms with Crippen LogP contribution in [0.25, 0.3) is 0 Å². The van der Waals surface area contributed by atoms with E-state index in [9.17, 15) is 13.2 Å². The van der Waals surface area contributed by atoms with Gasteiger partial charge >= 0.3 is 6.03 Å². The number of nitrogens with zero attached hydrogens (tertiary/aromatic N) is 2. The molecule has 2 aliphatic rings. The molecule has 0 spiro atoms. The smallest absolute Gasteiger partial charge is 0.317 e. The molecular weight excluding hydrogens is 266 g/mol. The van der Waals surface area contributed by atoms with Gasteiger partial charge in [0, 0.05) is 32.7 Å². The topological polar surface area (TPSA) is 69.7 Å². The van der Waals surface area contributed by atoms with E-state index in [1.54, 1.807) is 11.9 Å². The number of rotatable bonds is 1. The van der Waals surface area contributed by atoms with Crippen molar-refractivity contribution in [3.8, 4) is 0 Å².